The first-order valence-electron chi connectivity index (χ1n) is 6.54. The third-order valence-electron chi connectivity index (χ3n) is 2.39. The maximum absolute atomic E-state index is 12.1. The molecule has 0 unspecified atom stereocenters. The quantitative estimate of drug-likeness (QED) is 0.769. The van der Waals surface area contributed by atoms with E-state index in [9.17, 15) is 4.79 Å². The maximum Gasteiger partial charge on any atom is 0.263 e. The Labute approximate surface area is 154 Å². The van der Waals surface area contributed by atoms with E-state index in [1.54, 1.807) is 12.3 Å². The highest BCUT2D eigenvalue weighted by molar-refractivity contribution is 9.10. The summed E-state index contributed by atoms with van der Waals surface area (Å²) in [6.45, 7) is 5.91. The molecule has 0 aliphatic heterocycles. The van der Waals surface area contributed by atoms with E-state index in [4.69, 9.17) is 14.3 Å². The van der Waals surface area contributed by atoms with Crippen LogP contribution in [0, 0.1) is 6.92 Å². The molecule has 0 spiro atoms. The van der Waals surface area contributed by atoms with Crippen LogP contribution >= 0.6 is 15.9 Å². The summed E-state index contributed by atoms with van der Waals surface area (Å²) < 4.78 is 5.87. The van der Waals surface area contributed by atoms with Gasteiger partial charge in [0.05, 0.1) is 7.11 Å². The Hall–Kier alpha value is -2.72. The number of rotatable bonds is 3. The standard InChI is InChI=1S/C12H11BrN4O2.CH5N.2CH2O/c1-7-4-15-10(3-9(7)13)17-11(18)8-5-14-6-16-12(8)19-2;3*1-2/h3-6H,1-2H3,(H,15,17,18);2H2,1H3;2*1H2. The van der Waals surface area contributed by atoms with Crippen molar-refractivity contribution >= 4 is 41.2 Å². The van der Waals surface area contributed by atoms with Crippen LogP contribution < -0.4 is 15.8 Å². The van der Waals surface area contributed by atoms with Crippen molar-refractivity contribution in [3.05, 3.63) is 40.4 Å². The number of ether oxygens (including phenoxy) is 1. The van der Waals surface area contributed by atoms with E-state index >= 15 is 0 Å². The Morgan fingerprint density at radius 1 is 1.20 bits per heavy atom. The van der Waals surface area contributed by atoms with Crippen LogP contribution in [-0.4, -0.2) is 48.6 Å². The Morgan fingerprint density at radius 2 is 1.80 bits per heavy atom. The molecule has 1 amide bonds. The molecular formula is C15H20BrN5O4. The minimum absolute atomic E-state index is 0.221. The monoisotopic (exact) mass is 413 g/mol. The van der Waals surface area contributed by atoms with E-state index in [1.165, 1.54) is 26.7 Å². The fourth-order valence-corrected chi connectivity index (χ4v) is 1.71. The van der Waals surface area contributed by atoms with E-state index in [0.717, 1.165) is 10.0 Å². The number of nitrogens with one attached hydrogen (secondary N) is 1. The number of amides is 1. The minimum Gasteiger partial charge on any atom is -0.480 e. The first-order chi connectivity index (χ1) is 12.1. The van der Waals surface area contributed by atoms with Gasteiger partial charge in [0.2, 0.25) is 5.88 Å². The van der Waals surface area contributed by atoms with E-state index in [0.29, 0.717) is 5.82 Å². The molecule has 0 atom stereocenters. The molecule has 3 N–H and O–H groups in total. The van der Waals surface area contributed by atoms with Gasteiger partial charge in [0.15, 0.2) is 0 Å². The summed E-state index contributed by atoms with van der Waals surface area (Å²) in [5, 5.41) is 2.66. The Kier molecular flexibility index (Phi) is 14.6. The number of carbonyl (C=O) groups is 3. The number of hydrogen-bond acceptors (Lipinski definition) is 8. The zero-order chi connectivity index (χ0) is 19.8. The molecule has 2 heterocycles. The summed E-state index contributed by atoms with van der Waals surface area (Å²) in [7, 11) is 2.94. The lowest BCUT2D eigenvalue weighted by atomic mass is 10.3. The van der Waals surface area contributed by atoms with Crippen molar-refractivity contribution in [1.82, 2.24) is 15.0 Å². The van der Waals surface area contributed by atoms with Crippen LogP contribution in [0.5, 0.6) is 5.88 Å². The predicted molar refractivity (Wildman–Crippen MR) is 97.6 cm³/mol. The van der Waals surface area contributed by atoms with E-state index in [2.05, 4.69) is 41.9 Å². The number of halogens is 1. The summed E-state index contributed by atoms with van der Waals surface area (Å²) in [6.07, 6.45) is 4.37. The molecule has 0 aliphatic carbocycles. The van der Waals surface area contributed by atoms with Crippen LogP contribution in [0.1, 0.15) is 15.9 Å². The predicted octanol–water partition coefficient (Wildman–Crippen LogP) is 1.41. The Bertz CT molecular complexity index is 656. The number of pyridine rings is 1. The van der Waals surface area contributed by atoms with Crippen molar-refractivity contribution < 1.29 is 19.1 Å². The molecule has 0 radical (unpaired) electrons. The van der Waals surface area contributed by atoms with Crippen molar-refractivity contribution in [2.45, 2.75) is 6.92 Å². The molecule has 0 fully saturated rings. The summed E-state index contributed by atoms with van der Waals surface area (Å²) in [6, 6.07) is 1.73. The number of nitrogens with zero attached hydrogens (tertiary/aromatic N) is 3. The van der Waals surface area contributed by atoms with Crippen molar-refractivity contribution in [3.8, 4) is 5.88 Å². The highest BCUT2D eigenvalue weighted by Crippen LogP contribution is 2.19. The molecule has 10 heteroatoms. The molecular weight excluding hydrogens is 394 g/mol. The second-order valence-electron chi connectivity index (χ2n) is 3.72. The van der Waals surface area contributed by atoms with Gasteiger partial charge in [-0.15, -0.1) is 0 Å². The van der Waals surface area contributed by atoms with Crippen molar-refractivity contribution in [2.24, 2.45) is 5.73 Å². The smallest absolute Gasteiger partial charge is 0.263 e. The summed E-state index contributed by atoms with van der Waals surface area (Å²) >= 11 is 3.38. The average Bonchev–Trinajstić information content (AvgIpc) is 2.69. The van der Waals surface area contributed by atoms with Crippen molar-refractivity contribution in [1.29, 1.82) is 0 Å². The van der Waals surface area contributed by atoms with Crippen LogP contribution in [-0.2, 0) is 9.59 Å². The molecule has 136 valence electrons. The minimum atomic E-state index is -0.374. The van der Waals surface area contributed by atoms with Crippen LogP contribution in [0.15, 0.2) is 29.3 Å². The van der Waals surface area contributed by atoms with Gasteiger partial charge in [-0.05, 0) is 25.6 Å². The fraction of sp³-hybridized carbons (Fsp3) is 0.200. The molecule has 2 rings (SSSR count). The fourth-order valence-electron chi connectivity index (χ4n) is 1.39. The molecule has 25 heavy (non-hydrogen) atoms. The molecule has 0 saturated heterocycles. The molecule has 0 saturated carbocycles. The van der Waals surface area contributed by atoms with Crippen LogP contribution in [0.4, 0.5) is 5.82 Å². The van der Waals surface area contributed by atoms with Gasteiger partial charge >= 0.3 is 0 Å². The first-order valence-corrected chi connectivity index (χ1v) is 7.34. The average molecular weight is 414 g/mol. The summed E-state index contributed by atoms with van der Waals surface area (Å²) in [5.74, 6) is 0.285. The number of methoxy groups -OCH3 is 1. The zero-order valence-corrected chi connectivity index (χ0v) is 15.7. The van der Waals surface area contributed by atoms with Gasteiger partial charge < -0.3 is 25.4 Å². The highest BCUT2D eigenvalue weighted by atomic mass is 79.9. The number of hydrogen-bond donors (Lipinski definition) is 2. The summed E-state index contributed by atoms with van der Waals surface area (Å²) in [4.78, 5) is 39.9. The third kappa shape index (κ3) is 8.08. The lowest BCUT2D eigenvalue weighted by molar-refractivity contribution is -0.0987. The molecule has 0 aromatic carbocycles. The first kappa shape index (κ1) is 24.5. The number of anilines is 1. The largest absolute Gasteiger partial charge is 0.480 e. The Morgan fingerprint density at radius 3 is 2.32 bits per heavy atom. The van der Waals surface area contributed by atoms with E-state index in [1.807, 2.05) is 20.5 Å². The second-order valence-corrected chi connectivity index (χ2v) is 4.57. The van der Waals surface area contributed by atoms with Gasteiger partial charge in [0.1, 0.15) is 31.3 Å². The lowest BCUT2D eigenvalue weighted by Gasteiger charge is -2.07. The van der Waals surface area contributed by atoms with Crippen molar-refractivity contribution in [3.63, 3.8) is 0 Å². The van der Waals surface area contributed by atoms with Crippen LogP contribution in [0.25, 0.3) is 0 Å². The van der Waals surface area contributed by atoms with Gasteiger partial charge in [0.25, 0.3) is 5.91 Å². The van der Waals surface area contributed by atoms with E-state index < -0.39 is 0 Å². The molecule has 2 aromatic rings. The van der Waals surface area contributed by atoms with E-state index in [-0.39, 0.29) is 17.4 Å². The third-order valence-corrected chi connectivity index (χ3v) is 3.25. The van der Waals surface area contributed by atoms with Gasteiger partial charge in [-0.2, -0.15) is 0 Å². The van der Waals surface area contributed by atoms with Crippen LogP contribution in [0.2, 0.25) is 0 Å². The molecule has 2 aromatic heterocycles. The zero-order valence-electron chi connectivity index (χ0n) is 14.2. The highest BCUT2D eigenvalue weighted by Gasteiger charge is 2.14. The number of carbonyl (C=O) groups excluding carboxylic acids is 3. The van der Waals surface area contributed by atoms with Gasteiger partial charge in [-0.1, -0.05) is 15.9 Å². The number of aryl methyl sites for hydroxylation is 1. The lowest BCUT2D eigenvalue weighted by Crippen LogP contribution is -2.15. The second kappa shape index (κ2) is 14.8. The molecule has 0 bridgehead atoms. The number of aromatic nitrogens is 3. The van der Waals surface area contributed by atoms with Gasteiger partial charge in [-0.3, -0.25) is 4.79 Å². The SMILES string of the molecule is C=O.C=O.CN.COc1ncncc1C(=O)Nc1cc(Br)c(C)cn1. The summed E-state index contributed by atoms with van der Waals surface area (Å²) in [5.41, 5.74) is 5.74. The molecule has 9 nitrogen and oxygen atoms in total. The van der Waals surface area contributed by atoms with Gasteiger partial charge in [-0.25, -0.2) is 15.0 Å². The Balaban J connectivity index is 0. The number of nitrogens with two attached hydrogens (primary N) is 1. The van der Waals surface area contributed by atoms with Crippen molar-refractivity contribution in [2.75, 3.05) is 19.5 Å². The normalized spacial score (nSPS) is 8.20. The topological polar surface area (TPSA) is 137 Å². The van der Waals surface area contributed by atoms with Gasteiger partial charge in [0, 0.05) is 16.9 Å². The maximum atomic E-state index is 12.1. The van der Waals surface area contributed by atoms with Crippen LogP contribution in [0.3, 0.4) is 0 Å². The molecule has 0 aliphatic rings.